The first-order valence-corrected chi connectivity index (χ1v) is 50.1. The van der Waals surface area contributed by atoms with Gasteiger partial charge < -0.3 is 68.0 Å². The summed E-state index contributed by atoms with van der Waals surface area (Å²) in [5.41, 5.74) is 28.0. The van der Waals surface area contributed by atoms with Crippen LogP contribution in [0.3, 0.4) is 0 Å². The number of carbonyl (C=O) groups excluding carboxylic acids is 7. The van der Waals surface area contributed by atoms with Crippen LogP contribution in [0.25, 0.3) is 27.3 Å². The number of benzene rings is 6. The predicted molar refractivity (Wildman–Crippen MR) is 519 cm³/mol. The Hall–Kier alpha value is -14.6. The highest BCUT2D eigenvalue weighted by Gasteiger charge is 2.57. The molecule has 1 saturated heterocycles. The maximum atomic E-state index is 13.0. The summed E-state index contributed by atoms with van der Waals surface area (Å²) in [6, 6.07) is 39.1. The molecule has 724 valence electrons. The van der Waals surface area contributed by atoms with E-state index in [0.29, 0.717) is 79.5 Å². The number of carbonyl (C=O) groups is 9. The summed E-state index contributed by atoms with van der Waals surface area (Å²) in [6.45, 7) is 22.3. The highest BCUT2D eigenvalue weighted by Crippen LogP contribution is 2.61. The fraction of sp³-hybridized carbons (Fsp3) is 0.346. The molecule has 17 aliphatic rings. The van der Waals surface area contributed by atoms with Gasteiger partial charge in [-0.2, -0.15) is 4.58 Å². The first-order chi connectivity index (χ1) is 67.1. The lowest BCUT2D eigenvalue weighted by atomic mass is 9.73. The second kappa shape index (κ2) is 35.0. The number of hydroxylamine groups is 2. The van der Waals surface area contributed by atoms with E-state index in [1.807, 2.05) is 105 Å². The van der Waals surface area contributed by atoms with Crippen molar-refractivity contribution in [3.63, 3.8) is 0 Å². The Balaban J connectivity index is 0.000000116. The van der Waals surface area contributed by atoms with Gasteiger partial charge in [0.05, 0.1) is 30.3 Å². The van der Waals surface area contributed by atoms with Crippen molar-refractivity contribution >= 4 is 124 Å². The second-order valence-corrected chi connectivity index (χ2v) is 42.6. The van der Waals surface area contributed by atoms with Gasteiger partial charge >= 0.3 is 17.9 Å². The number of hydrogen-bond donors (Lipinski definition) is 3. The number of amides is 3. The van der Waals surface area contributed by atoms with Gasteiger partial charge in [-0.25, -0.2) is 21.6 Å². The van der Waals surface area contributed by atoms with E-state index in [1.165, 1.54) is 64.2 Å². The Bertz CT molecular complexity index is 7430. The van der Waals surface area contributed by atoms with Crippen LogP contribution in [0.1, 0.15) is 164 Å². The van der Waals surface area contributed by atoms with Crippen molar-refractivity contribution in [3.05, 3.63) is 309 Å². The normalized spacial score (nSPS) is 24.7. The number of ketones is 3. The van der Waals surface area contributed by atoms with Crippen LogP contribution < -0.4 is 29.7 Å². The number of para-hydroxylation sites is 3. The summed E-state index contributed by atoms with van der Waals surface area (Å²) < 4.78 is 99.1. The molecule has 14 aliphatic heterocycles. The third-order valence-corrected chi connectivity index (χ3v) is 31.7. The number of ether oxygens (including phenoxy) is 4. The Morgan fingerprint density at radius 1 is 0.582 bits per heavy atom. The monoisotopic (exact) mass is 1940 g/mol. The van der Waals surface area contributed by atoms with Crippen LogP contribution in [0.2, 0.25) is 0 Å². The van der Waals surface area contributed by atoms with Crippen molar-refractivity contribution in [2.75, 3.05) is 72.0 Å². The third-order valence-electron chi connectivity index (χ3n) is 29.9. The molecule has 3 N–H and O–H groups in total. The van der Waals surface area contributed by atoms with Gasteiger partial charge in [-0.15, -0.1) is 5.06 Å². The second-order valence-electron chi connectivity index (χ2n) is 39.9. The lowest BCUT2D eigenvalue weighted by Crippen LogP contribution is -2.43. The summed E-state index contributed by atoms with van der Waals surface area (Å²) in [5, 5.41) is 28.5. The molecule has 23 rings (SSSR count). The Kier molecular flexibility index (Phi) is 23.4. The topological polar surface area (TPSA) is 435 Å². The molecule has 6 aromatic carbocycles. The van der Waals surface area contributed by atoms with Gasteiger partial charge in [-0.3, -0.25) is 38.4 Å². The van der Waals surface area contributed by atoms with Crippen LogP contribution in [0.4, 0.5) is 28.4 Å². The molecule has 32 nitrogen and oxygen atoms in total. The molecule has 0 saturated carbocycles. The molecule has 6 aromatic rings. The third kappa shape index (κ3) is 16.3. The van der Waals surface area contributed by atoms with Crippen LogP contribution in [0.15, 0.2) is 264 Å². The first kappa shape index (κ1) is 94.0. The zero-order chi connectivity index (χ0) is 99.4. The van der Waals surface area contributed by atoms with E-state index in [9.17, 15) is 79.3 Å². The molecule has 34 heteroatoms. The van der Waals surface area contributed by atoms with Crippen LogP contribution in [-0.2, 0) is 110 Å². The number of fused-ring (bicyclic) bond motifs is 23. The van der Waals surface area contributed by atoms with Gasteiger partial charge in [0.25, 0.3) is 11.8 Å². The summed E-state index contributed by atoms with van der Waals surface area (Å²) in [7, 11) is -11.0. The van der Waals surface area contributed by atoms with E-state index in [0.717, 1.165) is 140 Å². The highest BCUT2D eigenvalue weighted by molar-refractivity contribution is 7.93. The Labute approximate surface area is 812 Å². The van der Waals surface area contributed by atoms with E-state index in [1.54, 1.807) is 19.1 Å². The number of azide groups is 1. The summed E-state index contributed by atoms with van der Waals surface area (Å²) in [4.78, 5) is 124. The Morgan fingerprint density at radius 2 is 1.14 bits per heavy atom. The molecular weight excluding hydrogens is 1840 g/mol. The van der Waals surface area contributed by atoms with Crippen molar-refractivity contribution in [3.8, 4) is 5.75 Å². The molecule has 7 unspecified atom stereocenters. The number of aryl methyl sites for hydroxylation is 1. The highest BCUT2D eigenvalue weighted by atomic mass is 32.2. The molecule has 0 spiro atoms. The van der Waals surface area contributed by atoms with E-state index in [2.05, 4.69) is 117 Å². The summed E-state index contributed by atoms with van der Waals surface area (Å²) in [6.07, 6.45) is 21.5. The zero-order valence-corrected chi connectivity index (χ0v) is 80.3. The first-order valence-electron chi connectivity index (χ1n) is 47.2. The minimum absolute atomic E-state index is 0.0201. The quantitative estimate of drug-likeness (QED) is 0.0154. The maximum absolute atomic E-state index is 13.0. The van der Waals surface area contributed by atoms with Crippen molar-refractivity contribution < 1.29 is 108 Å². The van der Waals surface area contributed by atoms with Gasteiger partial charge in [-0.05, 0) is 177 Å². The number of rotatable bonds is 16. The maximum Gasteiger partial charge on any atom is 0.334 e. The number of carboxylic acid groups (broad SMARTS) is 2. The molecule has 141 heavy (non-hydrogen) atoms. The number of aliphatic carboxylic acids is 2. The summed E-state index contributed by atoms with van der Waals surface area (Å²) in [5.74, 6) is -3.92. The molecular formula is C107H101N10O22S2-. The van der Waals surface area contributed by atoms with Gasteiger partial charge in [0, 0.05) is 221 Å². The number of anilines is 4. The molecule has 0 aromatic heterocycles. The van der Waals surface area contributed by atoms with E-state index in [4.69, 9.17) is 29.3 Å². The van der Waals surface area contributed by atoms with Gasteiger partial charge in [0.1, 0.15) is 77.5 Å². The van der Waals surface area contributed by atoms with Crippen molar-refractivity contribution in [1.82, 2.24) is 10.4 Å². The lowest BCUT2D eigenvalue weighted by Gasteiger charge is -2.41. The van der Waals surface area contributed by atoms with Crippen molar-refractivity contribution in [2.24, 2.45) is 5.11 Å². The van der Waals surface area contributed by atoms with Crippen LogP contribution >= 0.6 is 0 Å². The van der Waals surface area contributed by atoms with Crippen molar-refractivity contribution in [1.29, 1.82) is 0 Å². The van der Waals surface area contributed by atoms with Crippen molar-refractivity contribution in [2.45, 2.75) is 184 Å². The summed E-state index contributed by atoms with van der Waals surface area (Å²) >= 11 is 0. The molecule has 14 heterocycles. The van der Waals surface area contributed by atoms with Gasteiger partial charge in [0.2, 0.25) is 17.4 Å². The zero-order valence-electron chi connectivity index (χ0n) is 78.7. The Morgan fingerprint density at radius 3 is 1.74 bits per heavy atom. The van der Waals surface area contributed by atoms with E-state index >= 15 is 0 Å². The van der Waals surface area contributed by atoms with Crippen LogP contribution in [0.5, 0.6) is 5.75 Å². The van der Waals surface area contributed by atoms with E-state index < -0.39 is 93.7 Å². The largest absolute Gasteiger partial charge is 0.744 e. The number of Topliss-reactive ketones (excluding diaryl/α,β-unsaturated/α-hetero) is 1. The molecule has 0 bridgehead atoms. The van der Waals surface area contributed by atoms with E-state index in [-0.39, 0.29) is 90.7 Å². The van der Waals surface area contributed by atoms with Gasteiger partial charge in [0.15, 0.2) is 23.8 Å². The van der Waals surface area contributed by atoms with Crippen LogP contribution in [-0.4, -0.2) is 181 Å². The fourth-order valence-electron chi connectivity index (χ4n) is 23.7. The molecule has 3 amide bonds. The SMILES string of the molecule is CC1(C)CCN(CCC(=O)NCCCN=[N+]=[N-])c2cc3c(cc21)C=C1C2=[N+](CCC1O3)c1ccccc1C2(C)C.CC1(CC(=O)O)C2=C3C=C4C=CC(=O)C=C4OC3CCN2c2ccccc21.CC1(CC(=O)ON2C(=O)CCC2=O)C2=C3C=C4C=CC(=O)C=C4OC3CCN2c2ccccc21.Cc1ccc2c3c(ccc2c1)N1CCC2OC4=C(S(=O)(=O)[O-])C(=O)C(S(=O)(=O)[O-])=CC4=CC2=C1C3(C)CC(=O)O. The minimum atomic E-state index is -5.54. The molecule has 0 radical (unpaired) electrons. The number of nitrogens with one attached hydrogen (secondary N) is 1. The predicted octanol–water partition coefficient (Wildman–Crippen LogP) is 14.5. The van der Waals surface area contributed by atoms with Gasteiger partial charge in [-0.1, -0.05) is 103 Å². The lowest BCUT2D eigenvalue weighted by molar-refractivity contribution is -0.444. The minimum Gasteiger partial charge on any atom is -0.744 e. The average molecular weight is 1940 g/mol. The molecule has 3 aliphatic carbocycles. The number of imide groups is 1. The standard InChI is InChI=1S/C32H38N6O2.C27H23NO10S2.C26H22N2O6.C22H19NO4/c1-31(2)12-17-37(15-11-29(39)34-13-7-14-35-36-33)26-20-28-21(19-24(26)31)18-22-27(40-28)10-16-38-25-9-6-5-8-23(25)32(3,4)30(22)38;1-13-3-5-16-14(9-13)4-6-18-22(16)27(2,12-21(29)30)26-17-10-15-11-20(39(32,33)34)23(31)25(40(35,36)37)24(15)38-19(17)7-8-28(18)26;1-26(14-24(32)34-28-22(30)8-9-23(28)31)18-4-2-3-5-19(18)27-11-10-20-17(25(26)27)12-15-6-7-16(29)13-21(15)33-20;1-22(12-20(25)26)16-4-2-3-5-17(16)23-9-8-18-15(21(22)23)10-13-6-7-14(24)11-19(13)27-18/h5-6,8-9,18-20,27H,7,10-17H2,1-4H3;3-6,9-11,19H,7-8,12H2,1-2H3,(H,29,30)(H,32,33,34)(H,35,36,37);2-7,12-13,20H,8-11,14H2,1H3;2-7,10-11,18H,8-9,12H2,1H3,(H,25,26)/p-1. The molecule has 1 fully saturated rings. The smallest absolute Gasteiger partial charge is 0.334 e. The molecule has 7 atom stereocenters. The average Bonchev–Trinajstić information content (AvgIpc) is 1.55. The number of nitrogens with zero attached hydrogens (tertiary/aromatic N) is 9. The number of hydrogen-bond acceptors (Lipinski definition) is 25. The number of allylic oxidation sites excluding steroid dienone is 12. The van der Waals surface area contributed by atoms with Crippen LogP contribution in [0, 0.1) is 6.92 Å². The fourth-order valence-corrected chi connectivity index (χ4v) is 25.1. The number of carboxylic acids is 2.